The van der Waals surface area contributed by atoms with Crippen LogP contribution in [-0.4, -0.2) is 84.6 Å². The molecule has 2 fully saturated rings. The number of hydrogen-bond donors (Lipinski definition) is 1. The van der Waals surface area contributed by atoms with Crippen LogP contribution < -0.4 is 5.32 Å². The van der Waals surface area contributed by atoms with Gasteiger partial charge in [-0.1, -0.05) is 6.92 Å². The topological polar surface area (TPSA) is 51.7 Å². The Balaban J connectivity index is 1.41. The Morgan fingerprint density at radius 3 is 2.54 bits per heavy atom. The smallest absolute Gasteiger partial charge is 0.317 e. The molecule has 1 aromatic rings. The maximum atomic E-state index is 12.3. The highest BCUT2D eigenvalue weighted by Gasteiger charge is 2.32. The normalized spacial score (nSPS) is 21.3. The lowest BCUT2D eigenvalue weighted by atomic mass is 9.93. The summed E-state index contributed by atoms with van der Waals surface area (Å²) in [5.41, 5.74) is 1.28. The predicted molar refractivity (Wildman–Crippen MR) is 95.1 cm³/mol. The van der Waals surface area contributed by atoms with E-state index in [0.29, 0.717) is 12.0 Å². The summed E-state index contributed by atoms with van der Waals surface area (Å²) in [6.45, 7) is 8.99. The van der Waals surface area contributed by atoms with Crippen LogP contribution in [-0.2, 0) is 0 Å². The number of rotatable bonds is 5. The average Bonchev–Trinajstić information content (AvgIpc) is 2.56. The summed E-state index contributed by atoms with van der Waals surface area (Å²) in [7, 11) is 2.17. The monoisotopic (exact) mass is 331 g/mol. The Kier molecular flexibility index (Phi) is 5.68. The molecule has 0 spiro atoms. The van der Waals surface area contributed by atoms with Crippen LogP contribution in [0.3, 0.4) is 0 Å². The molecule has 2 saturated heterocycles. The molecule has 2 amide bonds. The molecule has 6 nitrogen and oxygen atoms in total. The Bertz CT molecular complexity index is 523. The van der Waals surface area contributed by atoms with Gasteiger partial charge in [0.05, 0.1) is 0 Å². The molecule has 1 N–H and O–H groups in total. The molecule has 0 bridgehead atoms. The summed E-state index contributed by atoms with van der Waals surface area (Å²) in [5.74, 6) is 0.457. The van der Waals surface area contributed by atoms with Crippen LogP contribution >= 0.6 is 0 Å². The third kappa shape index (κ3) is 4.05. The number of hydrogen-bond acceptors (Lipinski definition) is 4. The number of piperazine rings is 1. The van der Waals surface area contributed by atoms with Gasteiger partial charge in [0, 0.05) is 70.2 Å². The van der Waals surface area contributed by atoms with Crippen molar-refractivity contribution in [3.05, 3.63) is 30.1 Å². The minimum atomic E-state index is 0.0767. The number of amides is 2. The molecule has 132 valence electrons. The van der Waals surface area contributed by atoms with E-state index in [9.17, 15) is 4.79 Å². The number of nitrogens with zero attached hydrogens (tertiary/aromatic N) is 4. The van der Waals surface area contributed by atoms with Gasteiger partial charge in [0.15, 0.2) is 0 Å². The van der Waals surface area contributed by atoms with E-state index >= 15 is 0 Å². The highest BCUT2D eigenvalue weighted by molar-refractivity contribution is 5.75. The number of urea groups is 1. The van der Waals surface area contributed by atoms with E-state index in [-0.39, 0.29) is 6.03 Å². The first-order chi connectivity index (χ1) is 11.7. The van der Waals surface area contributed by atoms with Crippen molar-refractivity contribution in [2.75, 3.05) is 52.9 Å². The van der Waals surface area contributed by atoms with Crippen molar-refractivity contribution < 1.29 is 4.79 Å². The molecular weight excluding hydrogens is 302 g/mol. The third-order valence-corrected chi connectivity index (χ3v) is 5.36. The van der Waals surface area contributed by atoms with Crippen molar-refractivity contribution in [3.63, 3.8) is 0 Å². The molecule has 3 rings (SSSR count). The Labute approximate surface area is 144 Å². The summed E-state index contributed by atoms with van der Waals surface area (Å²) >= 11 is 0. The number of carbonyl (C=O) groups excluding carboxylic acids is 1. The summed E-state index contributed by atoms with van der Waals surface area (Å²) < 4.78 is 0. The molecule has 24 heavy (non-hydrogen) atoms. The van der Waals surface area contributed by atoms with Gasteiger partial charge < -0.3 is 15.1 Å². The van der Waals surface area contributed by atoms with Crippen LogP contribution in [0.15, 0.2) is 24.5 Å². The molecule has 3 heterocycles. The summed E-state index contributed by atoms with van der Waals surface area (Å²) in [6.07, 6.45) is 4.71. The fraction of sp³-hybridized carbons (Fsp3) is 0.667. The number of likely N-dealkylation sites (tertiary alicyclic amines) is 1. The zero-order valence-electron chi connectivity index (χ0n) is 14.8. The lowest BCUT2D eigenvalue weighted by molar-refractivity contribution is 0.104. The first-order valence-electron chi connectivity index (χ1n) is 9.02. The van der Waals surface area contributed by atoms with Gasteiger partial charge in [-0.05, 0) is 31.2 Å². The quantitative estimate of drug-likeness (QED) is 0.881. The van der Waals surface area contributed by atoms with E-state index in [1.54, 1.807) is 0 Å². The average molecular weight is 331 g/mol. The van der Waals surface area contributed by atoms with Crippen molar-refractivity contribution >= 4 is 6.03 Å². The van der Waals surface area contributed by atoms with E-state index in [2.05, 4.69) is 34.1 Å². The molecular formula is C18H29N5O. The molecule has 0 aromatic carbocycles. The molecule has 1 unspecified atom stereocenters. The van der Waals surface area contributed by atoms with Crippen molar-refractivity contribution in [1.82, 2.24) is 25.0 Å². The molecule has 6 heteroatoms. The molecule has 1 atom stereocenters. The molecule has 0 aliphatic carbocycles. The summed E-state index contributed by atoms with van der Waals surface area (Å²) in [6, 6.07) is 4.61. The maximum Gasteiger partial charge on any atom is 0.317 e. The molecule has 2 aliphatic rings. The van der Waals surface area contributed by atoms with Crippen molar-refractivity contribution in [2.24, 2.45) is 0 Å². The second-order valence-electron chi connectivity index (χ2n) is 6.97. The van der Waals surface area contributed by atoms with Crippen LogP contribution in [0.5, 0.6) is 0 Å². The van der Waals surface area contributed by atoms with Gasteiger partial charge in [0.25, 0.3) is 0 Å². The largest absolute Gasteiger partial charge is 0.336 e. The zero-order chi connectivity index (χ0) is 16.9. The van der Waals surface area contributed by atoms with E-state index in [1.807, 2.05) is 29.4 Å². The number of nitrogens with one attached hydrogen (secondary N) is 1. The highest BCUT2D eigenvalue weighted by atomic mass is 16.2. The molecule has 0 radical (unpaired) electrons. The Morgan fingerprint density at radius 2 is 1.92 bits per heavy atom. The van der Waals surface area contributed by atoms with E-state index in [4.69, 9.17) is 0 Å². The van der Waals surface area contributed by atoms with E-state index in [1.165, 1.54) is 5.56 Å². The minimum absolute atomic E-state index is 0.0767. The Morgan fingerprint density at radius 1 is 1.25 bits per heavy atom. The second kappa shape index (κ2) is 7.94. The van der Waals surface area contributed by atoms with Crippen LogP contribution in [0.25, 0.3) is 0 Å². The number of carbonyl (C=O) groups is 1. The minimum Gasteiger partial charge on any atom is -0.336 e. The Hall–Kier alpha value is -1.66. The van der Waals surface area contributed by atoms with Crippen LogP contribution in [0.1, 0.15) is 24.8 Å². The lowest BCUT2D eigenvalue weighted by Gasteiger charge is -2.41. The SMILES string of the molecule is CCC(CNC(=O)N1CC(c2ccncc2)C1)N1CCN(C)CC1. The summed E-state index contributed by atoms with van der Waals surface area (Å²) in [4.78, 5) is 23.2. The molecule has 1 aromatic heterocycles. The van der Waals surface area contributed by atoms with Gasteiger partial charge in [-0.15, -0.1) is 0 Å². The van der Waals surface area contributed by atoms with Crippen molar-refractivity contribution in [1.29, 1.82) is 0 Å². The van der Waals surface area contributed by atoms with Gasteiger partial charge in [-0.25, -0.2) is 4.79 Å². The van der Waals surface area contributed by atoms with Crippen molar-refractivity contribution in [3.8, 4) is 0 Å². The lowest BCUT2D eigenvalue weighted by Crippen LogP contribution is -2.56. The van der Waals surface area contributed by atoms with Crippen LogP contribution in [0.2, 0.25) is 0 Å². The van der Waals surface area contributed by atoms with Crippen LogP contribution in [0, 0.1) is 0 Å². The van der Waals surface area contributed by atoms with Gasteiger partial charge in [0.2, 0.25) is 0 Å². The predicted octanol–water partition coefficient (Wildman–Crippen LogP) is 1.22. The zero-order valence-corrected chi connectivity index (χ0v) is 14.8. The highest BCUT2D eigenvalue weighted by Crippen LogP contribution is 2.26. The van der Waals surface area contributed by atoms with E-state index < -0.39 is 0 Å². The van der Waals surface area contributed by atoms with Gasteiger partial charge >= 0.3 is 6.03 Å². The van der Waals surface area contributed by atoms with Crippen molar-refractivity contribution in [2.45, 2.75) is 25.3 Å². The first kappa shape index (κ1) is 17.2. The van der Waals surface area contributed by atoms with Crippen LogP contribution in [0.4, 0.5) is 4.79 Å². The number of pyridine rings is 1. The second-order valence-corrected chi connectivity index (χ2v) is 6.97. The first-order valence-corrected chi connectivity index (χ1v) is 9.02. The third-order valence-electron chi connectivity index (χ3n) is 5.36. The van der Waals surface area contributed by atoms with Gasteiger partial charge in [-0.2, -0.15) is 0 Å². The molecule has 0 saturated carbocycles. The fourth-order valence-corrected chi connectivity index (χ4v) is 3.53. The number of likely N-dealkylation sites (N-methyl/N-ethyl adjacent to an activating group) is 1. The maximum absolute atomic E-state index is 12.3. The summed E-state index contributed by atoms with van der Waals surface area (Å²) in [5, 5.41) is 3.14. The van der Waals surface area contributed by atoms with Gasteiger partial charge in [0.1, 0.15) is 0 Å². The van der Waals surface area contributed by atoms with Gasteiger partial charge in [-0.3, -0.25) is 9.88 Å². The fourth-order valence-electron chi connectivity index (χ4n) is 3.53. The number of aromatic nitrogens is 1. The standard InChI is InChI=1S/C18H29N5O/c1-3-17(22-10-8-21(2)9-11-22)12-20-18(24)23-13-16(14-23)15-4-6-19-7-5-15/h4-7,16-17H,3,8-14H2,1-2H3,(H,20,24). The van der Waals surface area contributed by atoms with E-state index in [0.717, 1.165) is 52.2 Å². The molecule has 2 aliphatic heterocycles.